The minimum Gasteiger partial charge on any atom is -0.386 e. The third-order valence-corrected chi connectivity index (χ3v) is 8.54. The molecule has 0 amide bonds. The molecule has 3 rings (SSSR count). The molecule has 2 aromatic rings. The second kappa shape index (κ2) is 7.54. The SMILES string of the molecule is CC[C@]1(C)C(N)=N[C@](C)(c2cc(CC(=O)c3ccc(F)cn3)ccc2F)CS1(=O)=O. The van der Waals surface area contributed by atoms with Crippen molar-refractivity contribution in [3.63, 3.8) is 0 Å². The van der Waals surface area contributed by atoms with Gasteiger partial charge in [-0.25, -0.2) is 17.2 Å². The normalized spacial score (nSPS) is 25.6. The van der Waals surface area contributed by atoms with Crippen molar-refractivity contribution in [3.8, 4) is 0 Å². The molecule has 0 bridgehead atoms. The fraction of sp³-hybridized carbons (Fsp3) is 0.381. The topological polar surface area (TPSA) is 102 Å². The van der Waals surface area contributed by atoms with E-state index in [1.165, 1.54) is 38.1 Å². The standard InChI is InChI=1S/C21H23F2N3O3S/c1-4-21(3)19(24)26-20(2,12-30(21,28)29)15-9-13(5-7-16(15)23)10-18(27)17-8-6-14(22)11-25-17/h5-9,11H,4,10,12H2,1-3H3,(H2,24,26)/t20-,21+/m0/s1. The average molecular weight is 435 g/mol. The maximum atomic E-state index is 14.7. The summed E-state index contributed by atoms with van der Waals surface area (Å²) in [7, 11) is -3.71. The highest BCUT2D eigenvalue weighted by atomic mass is 32.2. The molecule has 1 aromatic heterocycles. The number of amidine groups is 1. The van der Waals surface area contributed by atoms with E-state index in [9.17, 15) is 22.0 Å². The quantitative estimate of drug-likeness (QED) is 0.728. The predicted octanol–water partition coefficient (Wildman–Crippen LogP) is 2.95. The van der Waals surface area contributed by atoms with E-state index in [1.54, 1.807) is 6.92 Å². The summed E-state index contributed by atoms with van der Waals surface area (Å²) in [6.45, 7) is 4.74. The summed E-state index contributed by atoms with van der Waals surface area (Å²) in [6, 6.07) is 6.44. The molecule has 0 fully saturated rings. The van der Waals surface area contributed by atoms with Crippen LogP contribution >= 0.6 is 0 Å². The highest BCUT2D eigenvalue weighted by Crippen LogP contribution is 2.39. The molecule has 0 spiro atoms. The van der Waals surface area contributed by atoms with Gasteiger partial charge in [-0.15, -0.1) is 0 Å². The largest absolute Gasteiger partial charge is 0.386 e. The number of benzene rings is 1. The van der Waals surface area contributed by atoms with Crippen molar-refractivity contribution in [1.29, 1.82) is 0 Å². The Balaban J connectivity index is 1.99. The van der Waals surface area contributed by atoms with Crippen LogP contribution in [0.2, 0.25) is 0 Å². The Morgan fingerprint density at radius 1 is 1.20 bits per heavy atom. The molecule has 1 aliphatic heterocycles. The Morgan fingerprint density at radius 2 is 1.90 bits per heavy atom. The van der Waals surface area contributed by atoms with Gasteiger partial charge in [-0.2, -0.15) is 0 Å². The summed E-state index contributed by atoms with van der Waals surface area (Å²) in [5.74, 6) is -2.04. The third-order valence-electron chi connectivity index (χ3n) is 5.73. The zero-order valence-corrected chi connectivity index (χ0v) is 17.8. The number of hydrogen-bond donors (Lipinski definition) is 1. The molecule has 0 radical (unpaired) electrons. The van der Waals surface area contributed by atoms with Gasteiger partial charge >= 0.3 is 0 Å². The number of rotatable bonds is 5. The lowest BCUT2D eigenvalue weighted by molar-refractivity contribution is 0.0988. The lowest BCUT2D eigenvalue weighted by Crippen LogP contribution is -2.56. The van der Waals surface area contributed by atoms with Crippen LogP contribution in [0, 0.1) is 11.6 Å². The Hall–Kier alpha value is -2.68. The van der Waals surface area contributed by atoms with Crippen LogP contribution in [0.15, 0.2) is 41.5 Å². The first-order valence-electron chi connectivity index (χ1n) is 9.43. The first-order chi connectivity index (χ1) is 13.9. The maximum absolute atomic E-state index is 14.7. The molecule has 9 heteroatoms. The fourth-order valence-corrected chi connectivity index (χ4v) is 5.64. The number of sulfone groups is 1. The summed E-state index contributed by atoms with van der Waals surface area (Å²) in [4.78, 5) is 20.6. The maximum Gasteiger partial charge on any atom is 0.185 e. The van der Waals surface area contributed by atoms with Crippen molar-refractivity contribution in [2.75, 3.05) is 5.75 Å². The number of hydrogen-bond acceptors (Lipinski definition) is 6. The smallest absolute Gasteiger partial charge is 0.185 e. The minimum absolute atomic E-state index is 0.0459. The Morgan fingerprint density at radius 3 is 2.47 bits per heavy atom. The van der Waals surface area contributed by atoms with Crippen LogP contribution in [0.3, 0.4) is 0 Å². The zero-order valence-electron chi connectivity index (χ0n) is 16.9. The van der Waals surface area contributed by atoms with Crippen LogP contribution in [0.1, 0.15) is 48.8 Å². The van der Waals surface area contributed by atoms with E-state index < -0.39 is 37.5 Å². The van der Waals surface area contributed by atoms with Crippen LogP contribution < -0.4 is 5.73 Å². The van der Waals surface area contributed by atoms with E-state index in [4.69, 9.17) is 5.73 Å². The molecule has 0 saturated heterocycles. The van der Waals surface area contributed by atoms with Crippen LogP contribution in [0.25, 0.3) is 0 Å². The molecule has 160 valence electrons. The average Bonchev–Trinajstić information content (AvgIpc) is 2.67. The lowest BCUT2D eigenvalue weighted by atomic mass is 9.90. The lowest BCUT2D eigenvalue weighted by Gasteiger charge is -2.39. The number of aliphatic imine (C=N–C) groups is 1. The first-order valence-corrected chi connectivity index (χ1v) is 11.1. The van der Waals surface area contributed by atoms with E-state index in [0.29, 0.717) is 5.56 Å². The second-order valence-corrected chi connectivity index (χ2v) is 10.3. The van der Waals surface area contributed by atoms with E-state index in [2.05, 4.69) is 9.98 Å². The summed E-state index contributed by atoms with van der Waals surface area (Å²) >= 11 is 0. The van der Waals surface area contributed by atoms with Gasteiger partial charge in [-0.05, 0) is 50.1 Å². The molecule has 2 N–H and O–H groups in total. The summed E-state index contributed by atoms with van der Waals surface area (Å²) in [6.07, 6.45) is 1.09. The van der Waals surface area contributed by atoms with Crippen molar-refractivity contribution < 1.29 is 22.0 Å². The number of carbonyl (C=O) groups excluding carboxylic acids is 1. The molecule has 2 heterocycles. The van der Waals surface area contributed by atoms with Gasteiger partial charge < -0.3 is 5.73 Å². The van der Waals surface area contributed by atoms with E-state index in [1.807, 2.05) is 0 Å². The van der Waals surface area contributed by atoms with Crippen molar-refractivity contribution in [2.24, 2.45) is 10.7 Å². The summed E-state index contributed by atoms with van der Waals surface area (Å²) in [5.41, 5.74) is 5.18. The van der Waals surface area contributed by atoms with Crippen LogP contribution in [-0.4, -0.2) is 35.5 Å². The number of nitrogens with two attached hydrogens (primary N) is 1. The summed E-state index contributed by atoms with van der Waals surface area (Å²) < 4.78 is 52.3. The molecular weight excluding hydrogens is 412 g/mol. The number of pyridine rings is 1. The number of aromatic nitrogens is 1. The highest BCUT2D eigenvalue weighted by molar-refractivity contribution is 7.93. The monoisotopic (exact) mass is 435 g/mol. The van der Waals surface area contributed by atoms with Crippen molar-refractivity contribution >= 4 is 21.5 Å². The molecule has 0 aliphatic carbocycles. The molecule has 6 nitrogen and oxygen atoms in total. The van der Waals surface area contributed by atoms with Crippen molar-refractivity contribution in [1.82, 2.24) is 4.98 Å². The molecule has 0 unspecified atom stereocenters. The minimum atomic E-state index is -3.71. The van der Waals surface area contributed by atoms with E-state index in [0.717, 1.165) is 12.3 Å². The van der Waals surface area contributed by atoms with Crippen molar-refractivity contribution in [3.05, 3.63) is 65.0 Å². The molecular formula is C21H23F2N3O3S. The van der Waals surface area contributed by atoms with Gasteiger partial charge in [0.25, 0.3) is 0 Å². The number of ketones is 1. The van der Waals surface area contributed by atoms with Gasteiger partial charge in [0.05, 0.1) is 11.9 Å². The molecule has 30 heavy (non-hydrogen) atoms. The van der Waals surface area contributed by atoms with E-state index >= 15 is 0 Å². The van der Waals surface area contributed by atoms with Crippen molar-refractivity contribution in [2.45, 2.75) is 43.9 Å². The predicted molar refractivity (Wildman–Crippen MR) is 110 cm³/mol. The molecule has 1 aliphatic rings. The number of carbonyl (C=O) groups is 1. The van der Waals surface area contributed by atoms with Gasteiger partial charge in [-0.3, -0.25) is 14.8 Å². The van der Waals surface area contributed by atoms with Crippen LogP contribution in [-0.2, 0) is 21.8 Å². The van der Waals surface area contributed by atoms with Crippen LogP contribution in [0.5, 0.6) is 0 Å². The van der Waals surface area contributed by atoms with Gasteiger partial charge in [-0.1, -0.05) is 13.0 Å². The molecule has 1 aromatic carbocycles. The van der Waals surface area contributed by atoms with Gasteiger partial charge in [0.15, 0.2) is 15.6 Å². The molecule has 0 saturated carbocycles. The Kier molecular flexibility index (Phi) is 5.53. The van der Waals surface area contributed by atoms with Gasteiger partial charge in [0.1, 0.15) is 33.4 Å². The summed E-state index contributed by atoms with van der Waals surface area (Å²) in [5, 5.41) is 0. The number of Topliss-reactive ketones (excluding diaryl/α,β-unsaturated/α-hetero) is 1. The first kappa shape index (κ1) is 22.0. The second-order valence-electron chi connectivity index (χ2n) is 7.89. The van der Waals surface area contributed by atoms with Crippen LogP contribution in [0.4, 0.5) is 8.78 Å². The third kappa shape index (κ3) is 3.74. The number of nitrogens with zero attached hydrogens (tertiary/aromatic N) is 2. The number of halogens is 2. The van der Waals surface area contributed by atoms with Gasteiger partial charge in [0.2, 0.25) is 0 Å². The molecule has 2 atom stereocenters. The zero-order chi connectivity index (χ0) is 22.3. The fourth-order valence-electron chi connectivity index (χ4n) is 3.56. The van der Waals surface area contributed by atoms with E-state index in [-0.39, 0.29) is 35.7 Å². The van der Waals surface area contributed by atoms with Gasteiger partial charge in [0, 0.05) is 12.0 Å². The Bertz CT molecular complexity index is 1130. The highest BCUT2D eigenvalue weighted by Gasteiger charge is 2.51. The Labute approximate surface area is 174 Å².